The van der Waals surface area contributed by atoms with Crippen molar-refractivity contribution in [1.82, 2.24) is 0 Å². The highest BCUT2D eigenvalue weighted by Crippen LogP contribution is 2.31. The van der Waals surface area contributed by atoms with E-state index in [2.05, 4.69) is 5.32 Å². The van der Waals surface area contributed by atoms with Gasteiger partial charge in [-0.25, -0.2) is 4.39 Å². The van der Waals surface area contributed by atoms with Crippen molar-refractivity contribution >= 4 is 11.7 Å². The molecule has 1 aliphatic rings. The molecule has 1 aromatic carbocycles. The van der Waals surface area contributed by atoms with Crippen LogP contribution < -0.4 is 5.32 Å². The Morgan fingerprint density at radius 1 is 1.44 bits per heavy atom. The molecule has 0 aliphatic heterocycles. The Bertz CT molecular complexity index is 399. The van der Waals surface area contributed by atoms with E-state index < -0.39 is 5.97 Å². The molecule has 86 valence electrons. The molecule has 16 heavy (non-hydrogen) atoms. The van der Waals surface area contributed by atoms with Gasteiger partial charge in [-0.3, -0.25) is 4.79 Å². The molecular formula is C12H14FNO2. The van der Waals surface area contributed by atoms with Crippen LogP contribution in [0, 0.1) is 18.7 Å². The van der Waals surface area contributed by atoms with Crippen LogP contribution in [0.15, 0.2) is 18.2 Å². The summed E-state index contributed by atoms with van der Waals surface area (Å²) in [5, 5.41) is 11.9. The molecule has 2 N–H and O–H groups in total. The Balaban J connectivity index is 2.07. The van der Waals surface area contributed by atoms with Crippen molar-refractivity contribution in [3.8, 4) is 0 Å². The normalized spacial score (nSPS) is 23.6. The van der Waals surface area contributed by atoms with Crippen LogP contribution in [-0.4, -0.2) is 17.1 Å². The number of hydrogen-bond donors (Lipinski definition) is 2. The van der Waals surface area contributed by atoms with Crippen LogP contribution in [0.3, 0.4) is 0 Å². The standard InChI is InChI=1S/C12H14FNO2/c1-7-4-8(13)6-9(5-7)14-11-3-2-10(11)12(15)16/h4-6,10-11,14H,2-3H2,1H3,(H,15,16). The van der Waals surface area contributed by atoms with Crippen LogP contribution in [0.2, 0.25) is 0 Å². The topological polar surface area (TPSA) is 49.3 Å². The van der Waals surface area contributed by atoms with Gasteiger partial charge in [-0.1, -0.05) is 0 Å². The van der Waals surface area contributed by atoms with Gasteiger partial charge in [0.25, 0.3) is 0 Å². The molecule has 3 nitrogen and oxygen atoms in total. The Kier molecular flexibility index (Phi) is 2.81. The summed E-state index contributed by atoms with van der Waals surface area (Å²) >= 11 is 0. The molecule has 1 saturated carbocycles. The highest BCUT2D eigenvalue weighted by Gasteiger charge is 2.36. The van der Waals surface area contributed by atoms with Crippen molar-refractivity contribution in [3.05, 3.63) is 29.6 Å². The molecule has 2 atom stereocenters. The third kappa shape index (κ3) is 2.15. The summed E-state index contributed by atoms with van der Waals surface area (Å²) in [6, 6.07) is 4.59. The summed E-state index contributed by atoms with van der Waals surface area (Å²) in [5.74, 6) is -1.42. The van der Waals surface area contributed by atoms with Gasteiger partial charge >= 0.3 is 5.97 Å². The lowest BCUT2D eigenvalue weighted by Crippen LogP contribution is -2.43. The quantitative estimate of drug-likeness (QED) is 0.827. The number of aryl methyl sites for hydroxylation is 1. The molecule has 2 unspecified atom stereocenters. The summed E-state index contributed by atoms with van der Waals surface area (Å²) in [6.45, 7) is 1.81. The van der Waals surface area contributed by atoms with E-state index in [1.165, 1.54) is 12.1 Å². The second-order valence-corrected chi connectivity index (χ2v) is 4.29. The van der Waals surface area contributed by atoms with Crippen molar-refractivity contribution in [2.45, 2.75) is 25.8 Å². The van der Waals surface area contributed by atoms with Gasteiger partial charge in [0, 0.05) is 11.7 Å². The number of carboxylic acid groups (broad SMARTS) is 1. The van der Waals surface area contributed by atoms with Gasteiger partial charge in [-0.2, -0.15) is 0 Å². The molecule has 0 aromatic heterocycles. The SMILES string of the molecule is Cc1cc(F)cc(NC2CCC2C(=O)O)c1. The summed E-state index contributed by atoms with van der Waals surface area (Å²) < 4.78 is 13.1. The molecule has 0 bridgehead atoms. The van der Waals surface area contributed by atoms with Crippen LogP contribution >= 0.6 is 0 Å². The Hall–Kier alpha value is -1.58. The highest BCUT2D eigenvalue weighted by molar-refractivity contribution is 5.73. The minimum Gasteiger partial charge on any atom is -0.481 e. The largest absolute Gasteiger partial charge is 0.481 e. The third-order valence-corrected chi connectivity index (χ3v) is 2.99. The lowest BCUT2D eigenvalue weighted by molar-refractivity contribution is -0.144. The summed E-state index contributed by atoms with van der Waals surface area (Å²) in [7, 11) is 0. The summed E-state index contributed by atoms with van der Waals surface area (Å²) in [6.07, 6.45) is 1.52. The lowest BCUT2D eigenvalue weighted by Gasteiger charge is -2.34. The van der Waals surface area contributed by atoms with Crippen molar-refractivity contribution in [1.29, 1.82) is 0 Å². The lowest BCUT2D eigenvalue weighted by atomic mass is 9.79. The number of benzene rings is 1. The fourth-order valence-corrected chi connectivity index (χ4v) is 2.00. The minimum absolute atomic E-state index is 0.0706. The molecular weight excluding hydrogens is 209 g/mol. The van der Waals surface area contributed by atoms with Crippen LogP contribution in [0.1, 0.15) is 18.4 Å². The molecule has 1 fully saturated rings. The van der Waals surface area contributed by atoms with E-state index in [-0.39, 0.29) is 17.8 Å². The highest BCUT2D eigenvalue weighted by atomic mass is 19.1. The van der Waals surface area contributed by atoms with Crippen LogP contribution in [0.4, 0.5) is 10.1 Å². The van der Waals surface area contributed by atoms with E-state index in [4.69, 9.17) is 5.11 Å². The van der Waals surface area contributed by atoms with E-state index in [9.17, 15) is 9.18 Å². The number of anilines is 1. The molecule has 0 heterocycles. The average molecular weight is 223 g/mol. The zero-order valence-corrected chi connectivity index (χ0v) is 9.03. The number of halogens is 1. The van der Waals surface area contributed by atoms with Gasteiger partial charge in [-0.15, -0.1) is 0 Å². The van der Waals surface area contributed by atoms with Crippen LogP contribution in [0.5, 0.6) is 0 Å². The average Bonchev–Trinajstić information content (AvgIpc) is 2.09. The molecule has 1 aliphatic carbocycles. The van der Waals surface area contributed by atoms with Gasteiger partial charge in [-0.05, 0) is 43.5 Å². The fourth-order valence-electron chi connectivity index (χ4n) is 2.00. The van der Waals surface area contributed by atoms with Gasteiger partial charge in [0.15, 0.2) is 0 Å². The first-order valence-corrected chi connectivity index (χ1v) is 5.33. The third-order valence-electron chi connectivity index (χ3n) is 2.99. The first-order chi connectivity index (χ1) is 7.56. The minimum atomic E-state index is -0.781. The second-order valence-electron chi connectivity index (χ2n) is 4.29. The Morgan fingerprint density at radius 2 is 2.19 bits per heavy atom. The first kappa shape index (κ1) is 10.9. The van der Waals surface area contributed by atoms with Crippen molar-refractivity contribution < 1.29 is 14.3 Å². The predicted octanol–water partition coefficient (Wildman–Crippen LogP) is 2.41. The van der Waals surface area contributed by atoms with E-state index in [1.54, 1.807) is 0 Å². The molecule has 0 saturated heterocycles. The van der Waals surface area contributed by atoms with Gasteiger partial charge < -0.3 is 10.4 Å². The zero-order valence-electron chi connectivity index (χ0n) is 9.03. The predicted molar refractivity (Wildman–Crippen MR) is 58.9 cm³/mol. The fraction of sp³-hybridized carbons (Fsp3) is 0.417. The number of aliphatic carboxylic acids is 1. The maximum Gasteiger partial charge on any atom is 0.308 e. The second kappa shape index (κ2) is 4.12. The maximum atomic E-state index is 13.1. The number of carbonyl (C=O) groups is 1. The van der Waals surface area contributed by atoms with Gasteiger partial charge in [0.2, 0.25) is 0 Å². The van der Waals surface area contributed by atoms with E-state index in [0.717, 1.165) is 12.0 Å². The molecule has 1 aromatic rings. The Morgan fingerprint density at radius 3 is 2.69 bits per heavy atom. The smallest absolute Gasteiger partial charge is 0.308 e. The van der Waals surface area contributed by atoms with Crippen LogP contribution in [0.25, 0.3) is 0 Å². The molecule has 0 spiro atoms. The van der Waals surface area contributed by atoms with Crippen LogP contribution in [-0.2, 0) is 4.79 Å². The first-order valence-electron chi connectivity index (χ1n) is 5.33. The number of carboxylic acids is 1. The van der Waals surface area contributed by atoms with E-state index >= 15 is 0 Å². The number of rotatable bonds is 3. The van der Waals surface area contributed by atoms with Crippen molar-refractivity contribution in [2.75, 3.05) is 5.32 Å². The Labute approximate surface area is 93.3 Å². The maximum absolute atomic E-state index is 13.1. The molecule has 0 radical (unpaired) electrons. The number of nitrogens with one attached hydrogen (secondary N) is 1. The van der Waals surface area contributed by atoms with E-state index in [1.807, 2.05) is 13.0 Å². The summed E-state index contributed by atoms with van der Waals surface area (Å²) in [5.41, 5.74) is 1.49. The molecule has 4 heteroatoms. The van der Waals surface area contributed by atoms with Crippen molar-refractivity contribution in [3.63, 3.8) is 0 Å². The van der Waals surface area contributed by atoms with Crippen molar-refractivity contribution in [2.24, 2.45) is 5.92 Å². The van der Waals surface area contributed by atoms with E-state index in [0.29, 0.717) is 12.1 Å². The van der Waals surface area contributed by atoms with Gasteiger partial charge in [0.1, 0.15) is 5.82 Å². The zero-order chi connectivity index (χ0) is 11.7. The molecule has 2 rings (SSSR count). The molecule has 0 amide bonds. The van der Waals surface area contributed by atoms with Gasteiger partial charge in [0.05, 0.1) is 5.92 Å². The number of hydrogen-bond acceptors (Lipinski definition) is 2. The monoisotopic (exact) mass is 223 g/mol. The summed E-state index contributed by atoms with van der Waals surface area (Å²) in [4.78, 5) is 10.8.